The third-order valence-electron chi connectivity index (χ3n) is 3.56. The molecule has 2 aromatic rings. The molecule has 0 heterocycles. The second-order valence-electron chi connectivity index (χ2n) is 5.43. The van der Waals surface area contributed by atoms with Crippen LogP contribution in [0.25, 0.3) is 0 Å². The highest BCUT2D eigenvalue weighted by Gasteiger charge is 2.17. The first-order valence-corrected chi connectivity index (χ1v) is 9.39. The van der Waals surface area contributed by atoms with Crippen molar-refractivity contribution >= 4 is 27.5 Å². The minimum Gasteiger partial charge on any atom is -0.346 e. The molecule has 0 fully saturated rings. The number of rotatable bonds is 6. The van der Waals surface area contributed by atoms with Crippen LogP contribution in [-0.4, -0.2) is 20.9 Å². The number of hydrogen-bond donors (Lipinski definition) is 2. The molecule has 0 aliphatic carbocycles. The number of nitrogens with one attached hydrogen (secondary N) is 2. The van der Waals surface area contributed by atoms with Gasteiger partial charge in [0.1, 0.15) is 5.82 Å². The maximum atomic E-state index is 13.2. The highest BCUT2D eigenvalue weighted by Crippen LogP contribution is 2.21. The van der Waals surface area contributed by atoms with Gasteiger partial charge >= 0.3 is 0 Å². The number of carbonyl (C=O) groups is 1. The van der Waals surface area contributed by atoms with Crippen LogP contribution >= 0.6 is 11.6 Å². The van der Waals surface area contributed by atoms with Crippen molar-refractivity contribution in [2.75, 3.05) is 6.54 Å². The third-order valence-corrected chi connectivity index (χ3v) is 5.25. The van der Waals surface area contributed by atoms with Gasteiger partial charge in [-0.2, -0.15) is 4.72 Å². The van der Waals surface area contributed by atoms with Crippen molar-refractivity contribution < 1.29 is 17.6 Å². The summed E-state index contributed by atoms with van der Waals surface area (Å²) in [7, 11) is -3.80. The second-order valence-corrected chi connectivity index (χ2v) is 7.60. The van der Waals surface area contributed by atoms with Gasteiger partial charge < -0.3 is 5.32 Å². The Morgan fingerprint density at radius 1 is 1.31 bits per heavy atom. The van der Waals surface area contributed by atoms with Crippen LogP contribution in [0.1, 0.15) is 28.9 Å². The standard InChI is InChI=1S/C18H16ClFN2O3S/c1-3-9-21-26(24,25)15-6-4-5-14(10-15)18(23)22-12(2)13-7-8-17(20)16(19)11-13/h1,4-8,10-12,21H,9H2,2H3,(H,22,23). The number of amides is 1. The Morgan fingerprint density at radius 2 is 2.04 bits per heavy atom. The first-order valence-electron chi connectivity index (χ1n) is 7.53. The quantitative estimate of drug-likeness (QED) is 0.740. The van der Waals surface area contributed by atoms with E-state index in [1.807, 2.05) is 0 Å². The summed E-state index contributed by atoms with van der Waals surface area (Å²) >= 11 is 5.75. The topological polar surface area (TPSA) is 75.3 Å². The summed E-state index contributed by atoms with van der Waals surface area (Å²) in [5, 5.41) is 2.67. The average Bonchev–Trinajstić information content (AvgIpc) is 2.62. The molecule has 1 amide bonds. The number of halogens is 2. The fourth-order valence-electron chi connectivity index (χ4n) is 2.17. The Balaban J connectivity index is 2.18. The zero-order valence-corrected chi connectivity index (χ0v) is 15.4. The summed E-state index contributed by atoms with van der Waals surface area (Å²) < 4.78 is 39.6. The molecule has 0 saturated heterocycles. The predicted molar refractivity (Wildman–Crippen MR) is 97.8 cm³/mol. The van der Waals surface area contributed by atoms with E-state index in [4.69, 9.17) is 18.0 Å². The zero-order valence-electron chi connectivity index (χ0n) is 13.8. The Bertz CT molecular complexity index is 971. The van der Waals surface area contributed by atoms with Crippen LogP contribution in [0.5, 0.6) is 0 Å². The summed E-state index contributed by atoms with van der Waals surface area (Å²) in [6.07, 6.45) is 5.05. The Morgan fingerprint density at radius 3 is 2.69 bits per heavy atom. The number of hydrogen-bond acceptors (Lipinski definition) is 3. The smallest absolute Gasteiger partial charge is 0.251 e. The number of terminal acetylenes is 1. The van der Waals surface area contributed by atoms with Gasteiger partial charge in [0.15, 0.2) is 0 Å². The molecule has 5 nitrogen and oxygen atoms in total. The van der Waals surface area contributed by atoms with Crippen molar-refractivity contribution in [2.24, 2.45) is 0 Å². The molecule has 1 unspecified atom stereocenters. The predicted octanol–water partition coefficient (Wildman–Crippen LogP) is 2.88. The Kier molecular flexibility index (Phi) is 6.37. The third kappa shape index (κ3) is 4.82. The number of sulfonamides is 1. The minimum absolute atomic E-state index is 0.0451. The van der Waals surface area contributed by atoms with Gasteiger partial charge in [0.05, 0.1) is 22.5 Å². The van der Waals surface area contributed by atoms with Crippen LogP contribution in [0.4, 0.5) is 4.39 Å². The molecule has 136 valence electrons. The summed E-state index contributed by atoms with van der Waals surface area (Å²) in [5.41, 5.74) is 0.776. The molecule has 1 atom stereocenters. The molecular formula is C18H16ClFN2O3S. The van der Waals surface area contributed by atoms with E-state index in [0.29, 0.717) is 5.56 Å². The van der Waals surface area contributed by atoms with Crippen LogP contribution in [0.2, 0.25) is 5.02 Å². The van der Waals surface area contributed by atoms with Gasteiger partial charge in [-0.15, -0.1) is 6.42 Å². The highest BCUT2D eigenvalue weighted by atomic mass is 35.5. The molecule has 2 rings (SSSR count). The lowest BCUT2D eigenvalue weighted by atomic mass is 10.1. The van der Waals surface area contributed by atoms with Crippen LogP contribution in [0.3, 0.4) is 0 Å². The van der Waals surface area contributed by atoms with Gasteiger partial charge in [0.2, 0.25) is 10.0 Å². The molecule has 2 N–H and O–H groups in total. The molecule has 0 radical (unpaired) electrons. The summed E-state index contributed by atoms with van der Waals surface area (Å²) in [6.45, 7) is 1.55. The lowest BCUT2D eigenvalue weighted by molar-refractivity contribution is 0.0939. The molecule has 0 aliphatic rings. The molecule has 26 heavy (non-hydrogen) atoms. The van der Waals surface area contributed by atoms with E-state index in [2.05, 4.69) is 16.0 Å². The van der Waals surface area contributed by atoms with Crippen molar-refractivity contribution in [1.29, 1.82) is 0 Å². The van der Waals surface area contributed by atoms with Crippen molar-refractivity contribution in [1.82, 2.24) is 10.0 Å². The zero-order chi connectivity index (χ0) is 19.3. The SMILES string of the molecule is C#CCNS(=O)(=O)c1cccc(C(=O)NC(C)c2ccc(F)c(Cl)c2)c1. The van der Waals surface area contributed by atoms with E-state index in [9.17, 15) is 17.6 Å². The van der Waals surface area contributed by atoms with E-state index in [1.54, 1.807) is 6.92 Å². The lowest BCUT2D eigenvalue weighted by Crippen LogP contribution is -2.27. The van der Waals surface area contributed by atoms with Gasteiger partial charge in [-0.1, -0.05) is 29.7 Å². The number of benzene rings is 2. The van der Waals surface area contributed by atoms with Crippen LogP contribution in [0, 0.1) is 18.2 Å². The number of carbonyl (C=O) groups excluding carboxylic acids is 1. The molecular weight excluding hydrogens is 379 g/mol. The molecule has 0 aliphatic heterocycles. The Hall–Kier alpha value is -2.40. The van der Waals surface area contributed by atoms with Crippen LogP contribution in [-0.2, 0) is 10.0 Å². The van der Waals surface area contributed by atoms with Crippen molar-refractivity contribution in [3.05, 3.63) is 64.4 Å². The largest absolute Gasteiger partial charge is 0.346 e. The molecule has 0 bridgehead atoms. The molecule has 0 saturated carbocycles. The van der Waals surface area contributed by atoms with E-state index >= 15 is 0 Å². The van der Waals surface area contributed by atoms with E-state index < -0.39 is 27.8 Å². The van der Waals surface area contributed by atoms with Gasteiger partial charge in [0.25, 0.3) is 5.91 Å². The monoisotopic (exact) mass is 394 g/mol. The second kappa shape index (κ2) is 8.32. The summed E-state index contributed by atoms with van der Waals surface area (Å²) in [5.74, 6) is 1.15. The maximum Gasteiger partial charge on any atom is 0.251 e. The van der Waals surface area contributed by atoms with Crippen LogP contribution < -0.4 is 10.0 Å². The first kappa shape index (κ1) is 19.9. The van der Waals surface area contributed by atoms with Gasteiger partial charge in [0, 0.05) is 5.56 Å². The van der Waals surface area contributed by atoms with Crippen molar-refractivity contribution in [3.63, 3.8) is 0 Å². The fraction of sp³-hybridized carbons (Fsp3) is 0.167. The average molecular weight is 395 g/mol. The van der Waals surface area contributed by atoms with E-state index in [1.165, 1.54) is 42.5 Å². The highest BCUT2D eigenvalue weighted by molar-refractivity contribution is 7.89. The summed E-state index contributed by atoms with van der Waals surface area (Å²) in [4.78, 5) is 12.3. The van der Waals surface area contributed by atoms with Gasteiger partial charge in [-0.05, 0) is 42.8 Å². The van der Waals surface area contributed by atoms with E-state index in [0.717, 1.165) is 0 Å². The molecule has 0 spiro atoms. The lowest BCUT2D eigenvalue weighted by Gasteiger charge is -2.15. The normalized spacial score (nSPS) is 12.2. The fourth-order valence-corrected chi connectivity index (χ4v) is 3.34. The van der Waals surface area contributed by atoms with Crippen molar-refractivity contribution in [3.8, 4) is 12.3 Å². The molecule has 8 heteroatoms. The van der Waals surface area contributed by atoms with Crippen molar-refractivity contribution in [2.45, 2.75) is 17.9 Å². The Labute approximate surface area is 156 Å². The first-order chi connectivity index (χ1) is 12.2. The summed E-state index contributed by atoms with van der Waals surface area (Å²) in [6, 6.07) is 9.24. The maximum absolute atomic E-state index is 13.2. The van der Waals surface area contributed by atoms with Gasteiger partial charge in [-0.3, -0.25) is 4.79 Å². The van der Waals surface area contributed by atoms with Gasteiger partial charge in [-0.25, -0.2) is 12.8 Å². The molecule has 0 aromatic heterocycles. The minimum atomic E-state index is -3.80. The van der Waals surface area contributed by atoms with Crippen LogP contribution in [0.15, 0.2) is 47.4 Å². The molecule has 2 aromatic carbocycles. The van der Waals surface area contributed by atoms with E-state index in [-0.39, 0.29) is 22.0 Å².